The average Bonchev–Trinajstić information content (AvgIpc) is 2.28. The number of carbonyl (C=O) groups excluding carboxylic acids is 1. The maximum absolute atomic E-state index is 11.5. The molecule has 5 heteroatoms. The number of aromatic nitrogens is 3. The molecule has 0 unspecified atom stereocenters. The topological polar surface area (TPSA) is 59.8 Å². The van der Waals surface area contributed by atoms with Crippen molar-refractivity contribution in [3.63, 3.8) is 0 Å². The summed E-state index contributed by atoms with van der Waals surface area (Å²) in [5.41, 5.74) is 0. The van der Waals surface area contributed by atoms with Crippen molar-refractivity contribution in [3.05, 3.63) is 11.6 Å². The van der Waals surface area contributed by atoms with Crippen molar-refractivity contribution < 1.29 is 4.79 Å². The number of hydrogen-bond acceptors (Lipinski definition) is 3. The summed E-state index contributed by atoms with van der Waals surface area (Å²) in [7, 11) is 1.70. The van der Waals surface area contributed by atoms with Crippen LogP contribution >= 0.6 is 0 Å². The van der Waals surface area contributed by atoms with Gasteiger partial charge < -0.3 is 5.32 Å². The minimum Gasteiger partial charge on any atom is -0.347 e. The summed E-state index contributed by atoms with van der Waals surface area (Å²) >= 11 is 0. The average molecular weight is 182 g/mol. The lowest BCUT2D eigenvalue weighted by atomic mass is 10.4. The van der Waals surface area contributed by atoms with Crippen molar-refractivity contribution in [1.82, 2.24) is 20.1 Å². The van der Waals surface area contributed by atoms with Gasteiger partial charge in [-0.1, -0.05) is 0 Å². The molecule has 5 nitrogen and oxygen atoms in total. The van der Waals surface area contributed by atoms with Gasteiger partial charge in [0.15, 0.2) is 0 Å². The second kappa shape index (κ2) is 3.55. The molecule has 1 rings (SSSR count). The zero-order chi connectivity index (χ0) is 10.0. The smallest absolute Gasteiger partial charge is 0.289 e. The zero-order valence-electron chi connectivity index (χ0n) is 8.33. The number of amides is 1. The van der Waals surface area contributed by atoms with Crippen LogP contribution in [0.1, 0.15) is 30.3 Å². The van der Waals surface area contributed by atoms with E-state index in [0.717, 1.165) is 0 Å². The van der Waals surface area contributed by atoms with Gasteiger partial charge in [-0.2, -0.15) is 5.10 Å². The Morgan fingerprint density at radius 1 is 1.54 bits per heavy atom. The summed E-state index contributed by atoms with van der Waals surface area (Å²) in [5, 5.41) is 6.74. The van der Waals surface area contributed by atoms with Crippen molar-refractivity contribution in [2.45, 2.75) is 26.8 Å². The molecule has 0 fully saturated rings. The first-order valence-electron chi connectivity index (χ1n) is 4.19. The molecule has 1 amide bonds. The Kier molecular flexibility index (Phi) is 2.65. The predicted molar refractivity (Wildman–Crippen MR) is 48.3 cm³/mol. The normalized spacial score (nSPS) is 10.5. The predicted octanol–water partition coefficient (Wildman–Crippen LogP) is 0.262. The fraction of sp³-hybridized carbons (Fsp3) is 0.625. The van der Waals surface area contributed by atoms with Crippen molar-refractivity contribution in [2.75, 3.05) is 0 Å². The van der Waals surface area contributed by atoms with Crippen LogP contribution in [0.15, 0.2) is 0 Å². The molecular weight excluding hydrogens is 168 g/mol. The van der Waals surface area contributed by atoms with E-state index in [1.807, 2.05) is 13.8 Å². The van der Waals surface area contributed by atoms with Crippen LogP contribution in [0.4, 0.5) is 0 Å². The van der Waals surface area contributed by atoms with Gasteiger partial charge in [-0.05, 0) is 20.8 Å². The molecule has 0 atom stereocenters. The molecular formula is C8H14N4O. The number of nitrogens with zero attached hydrogens (tertiary/aromatic N) is 3. The van der Waals surface area contributed by atoms with Crippen LogP contribution in [-0.4, -0.2) is 26.7 Å². The minimum atomic E-state index is -0.182. The van der Waals surface area contributed by atoms with Gasteiger partial charge in [0.2, 0.25) is 5.82 Å². The maximum Gasteiger partial charge on any atom is 0.289 e. The SMILES string of the molecule is Cc1nc(C(=O)NC(C)C)n(C)n1. The van der Waals surface area contributed by atoms with Crippen LogP contribution < -0.4 is 5.32 Å². The summed E-state index contributed by atoms with van der Waals surface area (Å²) < 4.78 is 1.48. The van der Waals surface area contributed by atoms with Gasteiger partial charge in [-0.3, -0.25) is 4.79 Å². The Labute approximate surface area is 77.2 Å². The molecule has 0 saturated carbocycles. The molecule has 0 radical (unpaired) electrons. The third kappa shape index (κ3) is 2.27. The maximum atomic E-state index is 11.5. The molecule has 0 bridgehead atoms. The number of rotatable bonds is 2. The number of nitrogens with one attached hydrogen (secondary N) is 1. The van der Waals surface area contributed by atoms with Gasteiger partial charge in [-0.15, -0.1) is 0 Å². The third-order valence-electron chi connectivity index (χ3n) is 1.49. The first-order chi connectivity index (χ1) is 6.00. The van der Waals surface area contributed by atoms with E-state index in [1.54, 1.807) is 14.0 Å². The highest BCUT2D eigenvalue weighted by Gasteiger charge is 2.13. The van der Waals surface area contributed by atoms with Crippen LogP contribution in [0.3, 0.4) is 0 Å². The summed E-state index contributed by atoms with van der Waals surface area (Å²) in [6.07, 6.45) is 0. The van der Waals surface area contributed by atoms with E-state index in [-0.39, 0.29) is 11.9 Å². The van der Waals surface area contributed by atoms with E-state index in [9.17, 15) is 4.79 Å². The number of carbonyl (C=O) groups is 1. The highest BCUT2D eigenvalue weighted by Crippen LogP contribution is 1.95. The molecule has 0 spiro atoms. The summed E-state index contributed by atoms with van der Waals surface area (Å²) in [4.78, 5) is 15.5. The van der Waals surface area contributed by atoms with Gasteiger partial charge in [0.25, 0.3) is 5.91 Å². The molecule has 1 N–H and O–H groups in total. The lowest BCUT2D eigenvalue weighted by Crippen LogP contribution is -2.32. The van der Waals surface area contributed by atoms with Crippen LogP contribution in [-0.2, 0) is 7.05 Å². The Hall–Kier alpha value is -1.39. The first kappa shape index (κ1) is 9.70. The van der Waals surface area contributed by atoms with Crippen LogP contribution in [0, 0.1) is 6.92 Å². The van der Waals surface area contributed by atoms with Crippen molar-refractivity contribution >= 4 is 5.91 Å². The lowest BCUT2D eigenvalue weighted by Gasteiger charge is -2.06. The summed E-state index contributed by atoms with van der Waals surface area (Å²) in [6.45, 7) is 5.56. The Morgan fingerprint density at radius 3 is 2.54 bits per heavy atom. The molecule has 72 valence electrons. The second-order valence-electron chi connectivity index (χ2n) is 3.23. The molecule has 1 heterocycles. The van der Waals surface area contributed by atoms with E-state index < -0.39 is 0 Å². The Bertz CT molecular complexity index is 316. The second-order valence-corrected chi connectivity index (χ2v) is 3.23. The van der Waals surface area contributed by atoms with E-state index in [4.69, 9.17) is 0 Å². The quantitative estimate of drug-likeness (QED) is 0.713. The van der Waals surface area contributed by atoms with Crippen LogP contribution in [0.2, 0.25) is 0 Å². The van der Waals surface area contributed by atoms with Gasteiger partial charge in [0, 0.05) is 13.1 Å². The van der Waals surface area contributed by atoms with E-state index in [2.05, 4.69) is 15.4 Å². The molecule has 0 aliphatic heterocycles. The molecule has 13 heavy (non-hydrogen) atoms. The molecule has 0 saturated heterocycles. The number of hydrogen-bond donors (Lipinski definition) is 1. The van der Waals surface area contributed by atoms with Gasteiger partial charge in [0.05, 0.1) is 0 Å². The number of aryl methyl sites for hydroxylation is 2. The molecule has 0 aliphatic rings. The zero-order valence-corrected chi connectivity index (χ0v) is 8.33. The van der Waals surface area contributed by atoms with Crippen LogP contribution in [0.5, 0.6) is 0 Å². The molecule has 0 aliphatic carbocycles. The highest BCUT2D eigenvalue weighted by molar-refractivity contribution is 5.90. The van der Waals surface area contributed by atoms with Gasteiger partial charge in [0.1, 0.15) is 5.82 Å². The van der Waals surface area contributed by atoms with Gasteiger partial charge in [-0.25, -0.2) is 9.67 Å². The monoisotopic (exact) mass is 182 g/mol. The Morgan fingerprint density at radius 2 is 2.15 bits per heavy atom. The minimum absolute atomic E-state index is 0.115. The molecule has 1 aromatic heterocycles. The van der Waals surface area contributed by atoms with E-state index in [1.165, 1.54) is 4.68 Å². The largest absolute Gasteiger partial charge is 0.347 e. The van der Waals surface area contributed by atoms with Crippen LogP contribution in [0.25, 0.3) is 0 Å². The molecule has 0 aromatic carbocycles. The van der Waals surface area contributed by atoms with Crippen molar-refractivity contribution in [1.29, 1.82) is 0 Å². The fourth-order valence-electron chi connectivity index (χ4n) is 1.04. The lowest BCUT2D eigenvalue weighted by molar-refractivity contribution is 0.0928. The molecule has 1 aromatic rings. The van der Waals surface area contributed by atoms with Crippen molar-refractivity contribution in [2.24, 2.45) is 7.05 Å². The summed E-state index contributed by atoms with van der Waals surface area (Å²) in [5.74, 6) is 0.778. The van der Waals surface area contributed by atoms with E-state index >= 15 is 0 Å². The summed E-state index contributed by atoms with van der Waals surface area (Å²) in [6, 6.07) is 0.115. The fourth-order valence-corrected chi connectivity index (χ4v) is 1.04. The third-order valence-corrected chi connectivity index (χ3v) is 1.49. The van der Waals surface area contributed by atoms with E-state index in [0.29, 0.717) is 11.6 Å². The standard InChI is InChI=1S/C8H14N4O/c1-5(2)9-8(13)7-10-6(3)11-12(7)4/h5H,1-4H3,(H,9,13). The van der Waals surface area contributed by atoms with Gasteiger partial charge >= 0.3 is 0 Å². The first-order valence-corrected chi connectivity index (χ1v) is 4.19. The van der Waals surface area contributed by atoms with Crippen molar-refractivity contribution in [3.8, 4) is 0 Å². The highest BCUT2D eigenvalue weighted by atomic mass is 16.2. The Balaban J connectivity index is 2.82.